The molecule has 1 aromatic carbocycles. The van der Waals surface area contributed by atoms with E-state index in [1.165, 1.54) is 28.7 Å². The summed E-state index contributed by atoms with van der Waals surface area (Å²) in [6, 6.07) is 10.7. The lowest BCUT2D eigenvalue weighted by molar-refractivity contribution is 0.675. The molecule has 0 aliphatic heterocycles. The van der Waals surface area contributed by atoms with Gasteiger partial charge in [0.2, 0.25) is 0 Å². The lowest BCUT2D eigenvalue weighted by atomic mass is 10.0. The van der Waals surface area contributed by atoms with Crippen molar-refractivity contribution < 1.29 is 0 Å². The minimum Gasteiger partial charge on any atom is -0.313 e. The van der Waals surface area contributed by atoms with Gasteiger partial charge in [0.25, 0.3) is 0 Å². The first-order chi connectivity index (χ1) is 8.81. The first-order valence-electron chi connectivity index (χ1n) is 6.52. The van der Waals surface area contributed by atoms with Gasteiger partial charge in [0.05, 0.1) is 0 Å². The van der Waals surface area contributed by atoms with E-state index in [4.69, 9.17) is 0 Å². The maximum absolute atomic E-state index is 4.21. The Morgan fingerprint density at radius 3 is 2.89 bits per heavy atom. The molecule has 1 aromatic heterocycles. The zero-order valence-electron chi connectivity index (χ0n) is 11.1. The van der Waals surface area contributed by atoms with Gasteiger partial charge < -0.3 is 5.32 Å². The SMILES string of the molecule is CCCNCc1cccc(-c2cnccc2C)c1. The first kappa shape index (κ1) is 12.8. The third-order valence-corrected chi connectivity index (χ3v) is 3.03. The van der Waals surface area contributed by atoms with E-state index in [0.29, 0.717) is 0 Å². The summed E-state index contributed by atoms with van der Waals surface area (Å²) in [7, 11) is 0. The van der Waals surface area contributed by atoms with Crippen molar-refractivity contribution in [3.8, 4) is 11.1 Å². The van der Waals surface area contributed by atoms with Crippen LogP contribution in [0.4, 0.5) is 0 Å². The number of hydrogen-bond donors (Lipinski definition) is 1. The third-order valence-electron chi connectivity index (χ3n) is 3.03. The molecule has 0 spiro atoms. The van der Waals surface area contributed by atoms with Crippen LogP contribution in [-0.2, 0) is 6.54 Å². The van der Waals surface area contributed by atoms with E-state index in [-0.39, 0.29) is 0 Å². The number of aromatic nitrogens is 1. The van der Waals surface area contributed by atoms with Crippen molar-refractivity contribution in [3.63, 3.8) is 0 Å². The normalized spacial score (nSPS) is 10.6. The van der Waals surface area contributed by atoms with Crippen LogP contribution in [0.2, 0.25) is 0 Å². The van der Waals surface area contributed by atoms with Crippen LogP contribution >= 0.6 is 0 Å². The van der Waals surface area contributed by atoms with Gasteiger partial charge in [0, 0.05) is 24.5 Å². The van der Waals surface area contributed by atoms with Crippen LogP contribution in [0.1, 0.15) is 24.5 Å². The second kappa shape index (κ2) is 6.31. The Morgan fingerprint density at radius 1 is 1.22 bits per heavy atom. The van der Waals surface area contributed by atoms with Crippen molar-refractivity contribution in [1.29, 1.82) is 0 Å². The zero-order valence-corrected chi connectivity index (χ0v) is 11.1. The monoisotopic (exact) mass is 240 g/mol. The molecule has 18 heavy (non-hydrogen) atoms. The van der Waals surface area contributed by atoms with Crippen LogP contribution in [-0.4, -0.2) is 11.5 Å². The van der Waals surface area contributed by atoms with Gasteiger partial charge in [-0.25, -0.2) is 0 Å². The molecule has 2 aromatic rings. The lowest BCUT2D eigenvalue weighted by Gasteiger charge is -2.08. The molecule has 94 valence electrons. The van der Waals surface area contributed by atoms with Crippen molar-refractivity contribution in [3.05, 3.63) is 53.9 Å². The summed E-state index contributed by atoms with van der Waals surface area (Å²) >= 11 is 0. The molecule has 0 fully saturated rings. The van der Waals surface area contributed by atoms with E-state index in [9.17, 15) is 0 Å². The maximum Gasteiger partial charge on any atom is 0.0349 e. The summed E-state index contributed by atoms with van der Waals surface area (Å²) in [6.45, 7) is 6.30. The second-order valence-electron chi connectivity index (χ2n) is 4.57. The third kappa shape index (κ3) is 3.17. The average molecular weight is 240 g/mol. The first-order valence-corrected chi connectivity index (χ1v) is 6.52. The number of aryl methyl sites for hydroxylation is 1. The summed E-state index contributed by atoms with van der Waals surface area (Å²) in [5.41, 5.74) is 5.05. The molecule has 2 heteroatoms. The van der Waals surface area contributed by atoms with Gasteiger partial charge in [-0.3, -0.25) is 4.98 Å². The van der Waals surface area contributed by atoms with Crippen molar-refractivity contribution in [2.75, 3.05) is 6.54 Å². The van der Waals surface area contributed by atoms with Crippen LogP contribution in [0.15, 0.2) is 42.7 Å². The van der Waals surface area contributed by atoms with E-state index >= 15 is 0 Å². The Bertz CT molecular complexity index is 506. The van der Waals surface area contributed by atoms with Gasteiger partial charge in [0.1, 0.15) is 0 Å². The summed E-state index contributed by atoms with van der Waals surface area (Å²) in [6.07, 6.45) is 4.95. The molecule has 0 saturated heterocycles. The minimum atomic E-state index is 0.932. The molecule has 0 radical (unpaired) electrons. The largest absolute Gasteiger partial charge is 0.313 e. The van der Waals surface area contributed by atoms with Gasteiger partial charge in [-0.15, -0.1) is 0 Å². The van der Waals surface area contributed by atoms with Crippen molar-refractivity contribution in [2.45, 2.75) is 26.8 Å². The van der Waals surface area contributed by atoms with Crippen LogP contribution in [0, 0.1) is 6.92 Å². The molecule has 0 bridgehead atoms. The Morgan fingerprint density at radius 2 is 2.11 bits per heavy atom. The van der Waals surface area contributed by atoms with Crippen molar-refractivity contribution in [1.82, 2.24) is 10.3 Å². The molecular weight excluding hydrogens is 220 g/mol. The number of nitrogens with one attached hydrogen (secondary N) is 1. The summed E-state index contributed by atoms with van der Waals surface area (Å²) < 4.78 is 0. The molecule has 0 amide bonds. The maximum atomic E-state index is 4.21. The molecule has 2 rings (SSSR count). The standard InChI is InChI=1S/C16H20N2/c1-3-8-17-11-14-5-4-6-15(10-14)16-12-18-9-7-13(16)2/h4-7,9-10,12,17H,3,8,11H2,1-2H3. The molecule has 0 atom stereocenters. The fourth-order valence-corrected chi connectivity index (χ4v) is 2.02. The highest BCUT2D eigenvalue weighted by atomic mass is 14.8. The van der Waals surface area contributed by atoms with Crippen LogP contribution in [0.3, 0.4) is 0 Å². The highest BCUT2D eigenvalue weighted by Crippen LogP contribution is 2.22. The molecule has 1 N–H and O–H groups in total. The lowest BCUT2D eigenvalue weighted by Crippen LogP contribution is -2.13. The predicted molar refractivity (Wildman–Crippen MR) is 76.4 cm³/mol. The van der Waals surface area contributed by atoms with Gasteiger partial charge in [-0.2, -0.15) is 0 Å². The van der Waals surface area contributed by atoms with Gasteiger partial charge in [-0.05, 0) is 48.7 Å². The Balaban J connectivity index is 2.19. The van der Waals surface area contributed by atoms with Crippen LogP contribution in [0.25, 0.3) is 11.1 Å². The van der Waals surface area contributed by atoms with E-state index in [2.05, 4.69) is 54.5 Å². The predicted octanol–water partition coefficient (Wildman–Crippen LogP) is 3.56. The molecule has 1 heterocycles. The summed E-state index contributed by atoms with van der Waals surface area (Å²) in [5, 5.41) is 3.43. The number of pyridine rings is 1. The molecule has 0 unspecified atom stereocenters. The van der Waals surface area contributed by atoms with Crippen molar-refractivity contribution in [2.24, 2.45) is 0 Å². The summed E-state index contributed by atoms with van der Waals surface area (Å²) in [5.74, 6) is 0. The quantitative estimate of drug-likeness (QED) is 0.808. The van der Waals surface area contributed by atoms with E-state index < -0.39 is 0 Å². The molecule has 0 aliphatic carbocycles. The fourth-order valence-electron chi connectivity index (χ4n) is 2.02. The number of hydrogen-bond acceptors (Lipinski definition) is 2. The average Bonchev–Trinajstić information content (AvgIpc) is 2.40. The van der Waals surface area contributed by atoms with Gasteiger partial charge in [-0.1, -0.05) is 25.1 Å². The highest BCUT2D eigenvalue weighted by Gasteiger charge is 2.02. The topological polar surface area (TPSA) is 24.9 Å². The fraction of sp³-hybridized carbons (Fsp3) is 0.312. The number of rotatable bonds is 5. The highest BCUT2D eigenvalue weighted by molar-refractivity contribution is 5.66. The smallest absolute Gasteiger partial charge is 0.0349 e. The van der Waals surface area contributed by atoms with Crippen LogP contribution in [0.5, 0.6) is 0 Å². The Hall–Kier alpha value is -1.67. The Labute approximate surface area is 109 Å². The molecular formula is C16H20N2. The van der Waals surface area contributed by atoms with Crippen molar-refractivity contribution >= 4 is 0 Å². The van der Waals surface area contributed by atoms with E-state index in [1.807, 2.05) is 12.4 Å². The van der Waals surface area contributed by atoms with Gasteiger partial charge in [0.15, 0.2) is 0 Å². The summed E-state index contributed by atoms with van der Waals surface area (Å²) in [4.78, 5) is 4.21. The second-order valence-corrected chi connectivity index (χ2v) is 4.57. The molecule has 2 nitrogen and oxygen atoms in total. The van der Waals surface area contributed by atoms with E-state index in [0.717, 1.165) is 13.1 Å². The van der Waals surface area contributed by atoms with Crippen LogP contribution < -0.4 is 5.32 Å². The number of nitrogens with zero attached hydrogens (tertiary/aromatic N) is 1. The van der Waals surface area contributed by atoms with Gasteiger partial charge >= 0.3 is 0 Å². The van der Waals surface area contributed by atoms with E-state index in [1.54, 1.807) is 0 Å². The minimum absolute atomic E-state index is 0.932. The molecule has 0 aliphatic rings. The number of benzene rings is 1. The zero-order chi connectivity index (χ0) is 12.8. The Kier molecular flexibility index (Phi) is 4.48. The molecule has 0 saturated carbocycles.